The van der Waals surface area contributed by atoms with Gasteiger partial charge in [0, 0.05) is 6.54 Å². The zero-order chi connectivity index (χ0) is 11.0. The average molecular weight is 233 g/mol. The van der Waals surface area contributed by atoms with Crippen molar-refractivity contribution in [3.8, 4) is 0 Å². The van der Waals surface area contributed by atoms with Gasteiger partial charge in [-0.1, -0.05) is 17.4 Å². The lowest BCUT2D eigenvalue weighted by Gasteiger charge is -2.14. The maximum atomic E-state index is 5.70. The summed E-state index contributed by atoms with van der Waals surface area (Å²) >= 11 is 1.57. The van der Waals surface area contributed by atoms with Crippen LogP contribution in [0.4, 0.5) is 5.13 Å². The summed E-state index contributed by atoms with van der Waals surface area (Å²) in [5.74, 6) is 0. The zero-order valence-corrected chi connectivity index (χ0v) is 9.96. The van der Waals surface area contributed by atoms with E-state index in [0.717, 1.165) is 12.1 Å². The number of nitrogen functional groups attached to an aromatic ring is 1. The third-order valence-corrected chi connectivity index (χ3v) is 3.92. The van der Waals surface area contributed by atoms with Gasteiger partial charge in [0.15, 0.2) is 5.13 Å². The Bertz CT molecular complexity index is 500. The molecule has 0 atom stereocenters. The fourth-order valence-electron chi connectivity index (χ4n) is 2.28. The summed E-state index contributed by atoms with van der Waals surface area (Å²) in [6.07, 6.45) is 2.69. The number of rotatable bonds is 2. The van der Waals surface area contributed by atoms with Gasteiger partial charge in [0.05, 0.1) is 10.2 Å². The van der Waals surface area contributed by atoms with Crippen molar-refractivity contribution in [3.63, 3.8) is 0 Å². The van der Waals surface area contributed by atoms with Gasteiger partial charge < -0.3 is 5.73 Å². The average Bonchev–Trinajstić information content (AvgIpc) is 2.85. The van der Waals surface area contributed by atoms with Gasteiger partial charge in [-0.15, -0.1) is 0 Å². The highest BCUT2D eigenvalue weighted by Crippen LogP contribution is 2.25. The molecule has 2 aromatic rings. The first-order chi connectivity index (χ1) is 7.81. The molecule has 0 bridgehead atoms. The topological polar surface area (TPSA) is 42.1 Å². The van der Waals surface area contributed by atoms with E-state index in [2.05, 4.69) is 28.1 Å². The highest BCUT2D eigenvalue weighted by molar-refractivity contribution is 7.22. The number of aromatic nitrogens is 1. The first-order valence-corrected chi connectivity index (χ1v) is 6.50. The van der Waals surface area contributed by atoms with Gasteiger partial charge in [-0.3, -0.25) is 4.90 Å². The second-order valence-corrected chi connectivity index (χ2v) is 5.40. The number of hydrogen-bond donors (Lipinski definition) is 1. The lowest BCUT2D eigenvalue weighted by molar-refractivity contribution is 0.331. The Kier molecular flexibility index (Phi) is 2.53. The van der Waals surface area contributed by atoms with Crippen molar-refractivity contribution in [2.75, 3.05) is 18.8 Å². The summed E-state index contributed by atoms with van der Waals surface area (Å²) in [6, 6.07) is 6.47. The van der Waals surface area contributed by atoms with Crippen molar-refractivity contribution in [3.05, 3.63) is 23.8 Å². The molecule has 1 aromatic heterocycles. The molecule has 2 N–H and O–H groups in total. The molecule has 3 rings (SSSR count). The molecule has 1 fully saturated rings. The van der Waals surface area contributed by atoms with Crippen molar-refractivity contribution in [2.45, 2.75) is 19.4 Å². The van der Waals surface area contributed by atoms with Gasteiger partial charge in [0.25, 0.3) is 0 Å². The number of likely N-dealkylation sites (tertiary alicyclic amines) is 1. The summed E-state index contributed by atoms with van der Waals surface area (Å²) in [7, 11) is 0. The third-order valence-electron chi connectivity index (χ3n) is 3.07. The van der Waals surface area contributed by atoms with Gasteiger partial charge in [-0.25, -0.2) is 4.98 Å². The molecule has 0 amide bonds. The minimum Gasteiger partial charge on any atom is -0.375 e. The molecule has 16 heavy (non-hydrogen) atoms. The van der Waals surface area contributed by atoms with E-state index >= 15 is 0 Å². The maximum absolute atomic E-state index is 5.70. The van der Waals surface area contributed by atoms with Crippen molar-refractivity contribution in [1.29, 1.82) is 0 Å². The molecule has 84 valence electrons. The number of hydrogen-bond acceptors (Lipinski definition) is 4. The maximum Gasteiger partial charge on any atom is 0.181 e. The summed E-state index contributed by atoms with van der Waals surface area (Å²) in [6.45, 7) is 3.54. The third kappa shape index (κ3) is 1.90. The summed E-state index contributed by atoms with van der Waals surface area (Å²) < 4.78 is 1.20. The van der Waals surface area contributed by atoms with Crippen LogP contribution in [0.1, 0.15) is 18.4 Å². The fraction of sp³-hybridized carbons (Fsp3) is 0.417. The van der Waals surface area contributed by atoms with Gasteiger partial charge in [-0.05, 0) is 43.6 Å². The standard InChI is InChI=1S/C12H15N3S/c13-12-14-10-4-3-9(7-11(10)16-12)8-15-5-1-2-6-15/h3-4,7H,1-2,5-6,8H2,(H2,13,14). The molecule has 0 saturated carbocycles. The molecular weight excluding hydrogens is 218 g/mol. The Balaban J connectivity index is 1.86. The van der Waals surface area contributed by atoms with Crippen LogP contribution in [0.15, 0.2) is 18.2 Å². The predicted molar refractivity (Wildman–Crippen MR) is 68.5 cm³/mol. The fourth-order valence-corrected chi connectivity index (χ4v) is 3.08. The van der Waals surface area contributed by atoms with Crippen LogP contribution in [0.25, 0.3) is 10.2 Å². The van der Waals surface area contributed by atoms with Crippen LogP contribution >= 0.6 is 11.3 Å². The quantitative estimate of drug-likeness (QED) is 0.866. The summed E-state index contributed by atoms with van der Waals surface area (Å²) in [5.41, 5.74) is 8.10. The molecule has 1 aliphatic rings. The van der Waals surface area contributed by atoms with Gasteiger partial charge >= 0.3 is 0 Å². The van der Waals surface area contributed by atoms with E-state index in [0.29, 0.717) is 5.13 Å². The molecule has 0 unspecified atom stereocenters. The van der Waals surface area contributed by atoms with Crippen molar-refractivity contribution in [1.82, 2.24) is 9.88 Å². The van der Waals surface area contributed by atoms with Crippen molar-refractivity contribution < 1.29 is 0 Å². The highest BCUT2D eigenvalue weighted by Gasteiger charge is 2.12. The molecule has 1 saturated heterocycles. The van der Waals surface area contributed by atoms with Crippen molar-refractivity contribution >= 4 is 26.7 Å². The lowest BCUT2D eigenvalue weighted by Crippen LogP contribution is -2.18. The van der Waals surface area contributed by atoms with E-state index in [1.807, 2.05) is 0 Å². The molecule has 2 heterocycles. The van der Waals surface area contributed by atoms with Crippen LogP contribution in [0.5, 0.6) is 0 Å². The summed E-state index contributed by atoms with van der Waals surface area (Å²) in [5, 5.41) is 0.660. The molecule has 4 heteroatoms. The number of nitrogens with zero attached hydrogens (tertiary/aromatic N) is 2. The SMILES string of the molecule is Nc1nc2ccc(CN3CCCC3)cc2s1. The molecule has 3 nitrogen and oxygen atoms in total. The second kappa shape index (κ2) is 4.03. The normalized spacial score (nSPS) is 17.2. The number of benzene rings is 1. The number of thiazole rings is 1. The monoisotopic (exact) mass is 233 g/mol. The van der Waals surface area contributed by atoms with Crippen LogP contribution in [0.3, 0.4) is 0 Å². The van der Waals surface area contributed by atoms with E-state index in [1.165, 1.54) is 36.2 Å². The Labute approximate surface area is 98.9 Å². The molecule has 1 aliphatic heterocycles. The van der Waals surface area contributed by atoms with E-state index in [-0.39, 0.29) is 0 Å². The smallest absolute Gasteiger partial charge is 0.181 e. The first kappa shape index (κ1) is 10.1. The van der Waals surface area contributed by atoms with Crippen molar-refractivity contribution in [2.24, 2.45) is 0 Å². The molecule has 0 aliphatic carbocycles. The minimum atomic E-state index is 0.660. The second-order valence-electron chi connectivity index (χ2n) is 4.34. The van der Waals surface area contributed by atoms with Gasteiger partial charge in [-0.2, -0.15) is 0 Å². The first-order valence-electron chi connectivity index (χ1n) is 5.68. The largest absolute Gasteiger partial charge is 0.375 e. The Morgan fingerprint density at radius 1 is 1.31 bits per heavy atom. The van der Waals surface area contributed by atoms with Crippen LogP contribution in [0, 0.1) is 0 Å². The molecule has 1 aromatic carbocycles. The van der Waals surface area contributed by atoms with Gasteiger partial charge in [0.1, 0.15) is 0 Å². The van der Waals surface area contributed by atoms with E-state index in [9.17, 15) is 0 Å². The highest BCUT2D eigenvalue weighted by atomic mass is 32.1. The molecule has 0 spiro atoms. The number of nitrogens with two attached hydrogens (primary N) is 1. The molecular formula is C12H15N3S. The Morgan fingerprint density at radius 3 is 2.94 bits per heavy atom. The zero-order valence-electron chi connectivity index (χ0n) is 9.15. The van der Waals surface area contributed by atoms with Crippen LogP contribution in [0.2, 0.25) is 0 Å². The van der Waals surface area contributed by atoms with Gasteiger partial charge in [0.2, 0.25) is 0 Å². The van der Waals surface area contributed by atoms with Crippen LogP contribution in [-0.4, -0.2) is 23.0 Å². The van der Waals surface area contributed by atoms with Crippen LogP contribution in [-0.2, 0) is 6.54 Å². The van der Waals surface area contributed by atoms with E-state index in [4.69, 9.17) is 5.73 Å². The predicted octanol–water partition coefficient (Wildman–Crippen LogP) is 2.47. The molecule has 0 radical (unpaired) electrons. The van der Waals surface area contributed by atoms with E-state index in [1.54, 1.807) is 11.3 Å². The van der Waals surface area contributed by atoms with Crippen LogP contribution < -0.4 is 5.73 Å². The lowest BCUT2D eigenvalue weighted by atomic mass is 10.2. The Morgan fingerprint density at radius 2 is 2.12 bits per heavy atom. The number of fused-ring (bicyclic) bond motifs is 1. The van der Waals surface area contributed by atoms with E-state index < -0.39 is 0 Å². The number of anilines is 1. The minimum absolute atomic E-state index is 0.660. The Hall–Kier alpha value is -1.13. The summed E-state index contributed by atoms with van der Waals surface area (Å²) in [4.78, 5) is 6.77.